The van der Waals surface area contributed by atoms with Crippen LogP contribution in [0.1, 0.15) is 51.4 Å². The molecule has 2 rings (SSSR count). The standard InChI is InChI=1S/C5H10.C5H8.2ClH.Ti/c2*1-2-4-5-3-1;;;/h1-5H2;1-2H,3-5H2;2*1H;/q;;;;+2/p-2. The van der Waals surface area contributed by atoms with Gasteiger partial charge in [-0.2, -0.15) is 0 Å². The van der Waals surface area contributed by atoms with Crippen molar-refractivity contribution in [1.82, 2.24) is 0 Å². The summed E-state index contributed by atoms with van der Waals surface area (Å²) in [5, 5.41) is 0. The minimum absolute atomic E-state index is 0.556. The van der Waals surface area contributed by atoms with Gasteiger partial charge in [-0.1, -0.05) is 38.5 Å². The molecule has 0 unspecified atom stereocenters. The Morgan fingerprint density at radius 3 is 1.15 bits per heavy atom. The molecule has 0 atom stereocenters. The molecular weight excluding hydrogens is 239 g/mol. The molecule has 0 aromatic carbocycles. The van der Waals surface area contributed by atoms with Gasteiger partial charge in [0.25, 0.3) is 0 Å². The van der Waals surface area contributed by atoms with Crippen molar-refractivity contribution in [1.29, 1.82) is 0 Å². The maximum atomic E-state index is 4.89. The maximum absolute atomic E-state index is 4.89. The Labute approximate surface area is 99.4 Å². The van der Waals surface area contributed by atoms with Gasteiger partial charge in [-0.15, -0.1) is 0 Å². The topological polar surface area (TPSA) is 0 Å². The summed E-state index contributed by atoms with van der Waals surface area (Å²) < 4.78 is 0. The van der Waals surface area contributed by atoms with Crippen molar-refractivity contribution >= 4 is 18.6 Å². The van der Waals surface area contributed by atoms with Crippen molar-refractivity contribution in [2.75, 3.05) is 0 Å². The van der Waals surface area contributed by atoms with Crippen molar-refractivity contribution in [2.24, 2.45) is 0 Å². The van der Waals surface area contributed by atoms with E-state index in [9.17, 15) is 0 Å². The van der Waals surface area contributed by atoms with Crippen LogP contribution in [0.15, 0.2) is 0 Å². The molecule has 2 aliphatic rings. The predicted molar refractivity (Wildman–Crippen MR) is 57.2 cm³/mol. The quantitative estimate of drug-likeness (QED) is 0.541. The van der Waals surface area contributed by atoms with Crippen LogP contribution in [-0.2, 0) is 17.0 Å². The Balaban J connectivity index is 0.000000174. The molecule has 3 heteroatoms. The van der Waals surface area contributed by atoms with Crippen LogP contribution in [0.4, 0.5) is 0 Å². The van der Waals surface area contributed by atoms with Gasteiger partial charge in [-0.05, 0) is 25.7 Å². The second kappa shape index (κ2) is 13.3. The van der Waals surface area contributed by atoms with Gasteiger partial charge in [0, 0.05) is 0 Å². The van der Waals surface area contributed by atoms with Crippen LogP contribution in [0.5, 0.6) is 0 Å². The molecule has 0 nitrogen and oxygen atoms in total. The van der Waals surface area contributed by atoms with Gasteiger partial charge in [0.05, 0.1) is 0 Å². The molecule has 0 bridgehead atoms. The molecule has 2 fully saturated rings. The summed E-state index contributed by atoms with van der Waals surface area (Å²) in [5.74, 6) is 0. The van der Waals surface area contributed by atoms with E-state index in [0.29, 0.717) is 0 Å². The van der Waals surface area contributed by atoms with E-state index in [4.69, 9.17) is 18.6 Å². The average molecular weight is 257 g/mol. The van der Waals surface area contributed by atoms with Gasteiger partial charge in [0.1, 0.15) is 0 Å². The van der Waals surface area contributed by atoms with Gasteiger partial charge in [-0.25, -0.2) is 0 Å². The molecule has 2 aliphatic carbocycles. The Morgan fingerprint density at radius 2 is 1.00 bits per heavy atom. The fourth-order valence-electron chi connectivity index (χ4n) is 1.47. The first-order valence-corrected chi connectivity index (χ1v) is 9.32. The fourth-order valence-corrected chi connectivity index (χ4v) is 1.47. The van der Waals surface area contributed by atoms with E-state index in [2.05, 4.69) is 12.8 Å². The minimum atomic E-state index is -0.556. The van der Waals surface area contributed by atoms with Crippen molar-refractivity contribution in [2.45, 2.75) is 51.4 Å². The first-order chi connectivity index (χ1) is 6.41. The third kappa shape index (κ3) is 13.3. The summed E-state index contributed by atoms with van der Waals surface area (Å²) in [4.78, 5) is 0. The summed E-state index contributed by atoms with van der Waals surface area (Å²) >= 11 is -0.556. The summed E-state index contributed by atoms with van der Waals surface area (Å²) in [6, 6.07) is 0. The van der Waals surface area contributed by atoms with Crippen LogP contribution in [0.2, 0.25) is 0 Å². The van der Waals surface area contributed by atoms with Crippen LogP contribution in [0.3, 0.4) is 0 Å². The summed E-state index contributed by atoms with van der Waals surface area (Å²) in [5.41, 5.74) is 0. The number of halogens is 2. The number of hydrogen-bond donors (Lipinski definition) is 0. The molecule has 0 saturated heterocycles. The number of rotatable bonds is 0. The molecule has 0 heterocycles. The van der Waals surface area contributed by atoms with Gasteiger partial charge in [0.15, 0.2) is 0 Å². The van der Waals surface area contributed by atoms with E-state index < -0.39 is 17.0 Å². The zero-order chi connectivity index (χ0) is 9.78. The summed E-state index contributed by atoms with van der Waals surface area (Å²) in [7, 11) is 9.78. The molecule has 0 spiro atoms. The van der Waals surface area contributed by atoms with Crippen molar-refractivity contribution in [3.63, 3.8) is 0 Å². The Hall–Kier alpha value is 1.29. The van der Waals surface area contributed by atoms with Gasteiger partial charge >= 0.3 is 35.6 Å². The molecule has 0 aliphatic heterocycles. The molecule has 0 aromatic heterocycles. The van der Waals surface area contributed by atoms with Crippen LogP contribution in [0, 0.1) is 12.8 Å². The van der Waals surface area contributed by atoms with E-state index in [1.165, 1.54) is 51.4 Å². The zero-order valence-electron chi connectivity index (χ0n) is 8.07. The summed E-state index contributed by atoms with van der Waals surface area (Å²) in [6.45, 7) is 0. The first-order valence-electron chi connectivity index (χ1n) is 5.03. The van der Waals surface area contributed by atoms with E-state index in [1.54, 1.807) is 0 Å². The Bertz CT molecular complexity index is 55.8. The SMILES string of the molecule is C1CCCC1.[CH]1[CH]CCC1.[Cl][Ti][Cl]. The predicted octanol–water partition coefficient (Wildman–Crippen LogP) is 4.91. The molecule has 2 radical (unpaired) electrons. The third-order valence-corrected chi connectivity index (χ3v) is 2.16. The normalized spacial score (nSPS) is 19.5. The van der Waals surface area contributed by atoms with Crippen LogP contribution in [0.25, 0.3) is 0 Å². The fraction of sp³-hybridized carbons (Fsp3) is 0.800. The van der Waals surface area contributed by atoms with Crippen LogP contribution in [-0.4, -0.2) is 0 Å². The molecular formula is C10H18Cl2Ti. The van der Waals surface area contributed by atoms with E-state index in [1.807, 2.05) is 0 Å². The van der Waals surface area contributed by atoms with Gasteiger partial charge in [0.2, 0.25) is 0 Å². The third-order valence-electron chi connectivity index (χ3n) is 2.16. The summed E-state index contributed by atoms with van der Waals surface area (Å²) in [6.07, 6.45) is 16.0. The molecule has 13 heavy (non-hydrogen) atoms. The Morgan fingerprint density at radius 1 is 0.692 bits per heavy atom. The van der Waals surface area contributed by atoms with E-state index in [-0.39, 0.29) is 0 Å². The number of hydrogen-bond acceptors (Lipinski definition) is 0. The Kier molecular flexibility index (Phi) is 14.6. The van der Waals surface area contributed by atoms with Crippen molar-refractivity contribution < 1.29 is 17.0 Å². The van der Waals surface area contributed by atoms with Gasteiger partial charge in [-0.3, -0.25) is 0 Å². The molecule has 0 amide bonds. The van der Waals surface area contributed by atoms with E-state index >= 15 is 0 Å². The first kappa shape index (κ1) is 14.3. The molecule has 2 saturated carbocycles. The van der Waals surface area contributed by atoms with Crippen LogP contribution < -0.4 is 0 Å². The van der Waals surface area contributed by atoms with Gasteiger partial charge < -0.3 is 0 Å². The zero-order valence-corrected chi connectivity index (χ0v) is 11.1. The van der Waals surface area contributed by atoms with Crippen molar-refractivity contribution in [3.8, 4) is 0 Å². The van der Waals surface area contributed by atoms with Crippen LogP contribution >= 0.6 is 18.6 Å². The van der Waals surface area contributed by atoms with E-state index in [0.717, 1.165) is 0 Å². The average Bonchev–Trinajstić information content (AvgIpc) is 2.85. The molecule has 0 aromatic rings. The second-order valence-corrected chi connectivity index (χ2v) is 5.82. The molecule has 76 valence electrons. The second-order valence-electron chi connectivity index (χ2n) is 3.24. The monoisotopic (exact) mass is 256 g/mol. The van der Waals surface area contributed by atoms with Crippen molar-refractivity contribution in [3.05, 3.63) is 12.8 Å². The molecule has 0 N–H and O–H groups in total.